The van der Waals surface area contributed by atoms with Crippen molar-refractivity contribution in [3.8, 4) is 5.75 Å². The van der Waals surface area contributed by atoms with E-state index < -0.39 is 5.82 Å². The van der Waals surface area contributed by atoms with E-state index in [-0.39, 0.29) is 18.2 Å². The minimum atomic E-state index is -0.636. The average Bonchev–Trinajstić information content (AvgIpc) is 2.86. The summed E-state index contributed by atoms with van der Waals surface area (Å²) in [5, 5.41) is 9.17. The highest BCUT2D eigenvalue weighted by molar-refractivity contribution is 5.76. The molecule has 19 heavy (non-hydrogen) atoms. The van der Waals surface area contributed by atoms with E-state index in [4.69, 9.17) is 5.73 Å². The van der Waals surface area contributed by atoms with Gasteiger partial charge in [0.2, 0.25) is 5.91 Å². The van der Waals surface area contributed by atoms with Crippen LogP contribution in [-0.4, -0.2) is 28.5 Å². The number of nitrogens with zero attached hydrogens (tertiary/aromatic N) is 1. The molecule has 1 aliphatic carbocycles. The Kier molecular flexibility index (Phi) is 4.37. The summed E-state index contributed by atoms with van der Waals surface area (Å²) < 4.78 is 13.3. The summed E-state index contributed by atoms with van der Waals surface area (Å²) in [4.78, 5) is 13.1. The minimum absolute atomic E-state index is 0.188. The smallest absolute Gasteiger partial charge is 0.231 e. The van der Waals surface area contributed by atoms with Gasteiger partial charge in [-0.1, -0.05) is 18.9 Å². The molecule has 1 fully saturated rings. The van der Waals surface area contributed by atoms with Crippen molar-refractivity contribution in [3.05, 3.63) is 29.6 Å². The quantitative estimate of drug-likeness (QED) is 0.853. The van der Waals surface area contributed by atoms with E-state index in [1.54, 1.807) is 6.07 Å². The summed E-state index contributed by atoms with van der Waals surface area (Å²) in [7, 11) is 0. The van der Waals surface area contributed by atoms with Crippen LogP contribution in [0.5, 0.6) is 5.75 Å². The van der Waals surface area contributed by atoms with Crippen molar-refractivity contribution in [1.82, 2.24) is 4.90 Å². The molecule has 0 aliphatic heterocycles. The molecule has 1 saturated carbocycles. The van der Waals surface area contributed by atoms with Gasteiger partial charge >= 0.3 is 0 Å². The second-order valence-electron chi connectivity index (χ2n) is 5.10. The lowest BCUT2D eigenvalue weighted by molar-refractivity contribution is -0.119. The van der Waals surface area contributed by atoms with Crippen LogP contribution >= 0.6 is 0 Å². The van der Waals surface area contributed by atoms with Crippen LogP contribution in [0.3, 0.4) is 0 Å². The Morgan fingerprint density at radius 3 is 2.68 bits per heavy atom. The van der Waals surface area contributed by atoms with Gasteiger partial charge in [0.25, 0.3) is 0 Å². The summed E-state index contributed by atoms with van der Waals surface area (Å²) in [5.41, 5.74) is 6.01. The first-order valence-corrected chi connectivity index (χ1v) is 6.56. The van der Waals surface area contributed by atoms with Gasteiger partial charge in [0.05, 0.1) is 6.54 Å². The first-order chi connectivity index (χ1) is 9.06. The van der Waals surface area contributed by atoms with Crippen molar-refractivity contribution < 1.29 is 14.3 Å². The van der Waals surface area contributed by atoms with Crippen LogP contribution in [-0.2, 0) is 11.3 Å². The summed E-state index contributed by atoms with van der Waals surface area (Å²) >= 11 is 0. The molecular formula is C14H19FN2O2. The van der Waals surface area contributed by atoms with E-state index in [0.717, 1.165) is 31.2 Å². The number of hydrogen-bond donors (Lipinski definition) is 2. The summed E-state index contributed by atoms with van der Waals surface area (Å²) in [6.45, 7) is 0.665. The molecule has 1 aliphatic rings. The number of phenolic OH excluding ortho intramolecular Hbond substituents is 1. The van der Waals surface area contributed by atoms with Gasteiger partial charge in [-0.3, -0.25) is 9.69 Å². The van der Waals surface area contributed by atoms with Crippen LogP contribution in [0, 0.1) is 5.82 Å². The molecule has 0 spiro atoms. The van der Waals surface area contributed by atoms with Crippen LogP contribution < -0.4 is 5.73 Å². The van der Waals surface area contributed by atoms with Crippen LogP contribution in [0.25, 0.3) is 0 Å². The predicted molar refractivity (Wildman–Crippen MR) is 69.9 cm³/mol. The molecule has 2 rings (SSSR count). The maximum atomic E-state index is 13.3. The first kappa shape index (κ1) is 13.8. The van der Waals surface area contributed by atoms with Gasteiger partial charge in [-0.25, -0.2) is 4.39 Å². The second kappa shape index (κ2) is 6.02. The van der Waals surface area contributed by atoms with Gasteiger partial charge in [0.1, 0.15) is 0 Å². The van der Waals surface area contributed by atoms with E-state index in [1.807, 2.05) is 4.90 Å². The van der Waals surface area contributed by atoms with E-state index in [9.17, 15) is 14.3 Å². The fourth-order valence-corrected chi connectivity index (χ4v) is 2.67. The van der Waals surface area contributed by atoms with E-state index in [1.165, 1.54) is 12.1 Å². The van der Waals surface area contributed by atoms with E-state index in [0.29, 0.717) is 12.6 Å². The first-order valence-electron chi connectivity index (χ1n) is 6.56. The second-order valence-corrected chi connectivity index (χ2v) is 5.10. The third-order valence-electron chi connectivity index (χ3n) is 3.60. The van der Waals surface area contributed by atoms with Crippen molar-refractivity contribution in [3.63, 3.8) is 0 Å². The Bertz CT molecular complexity index is 459. The van der Waals surface area contributed by atoms with Gasteiger partial charge in [0.15, 0.2) is 11.6 Å². The molecule has 0 atom stereocenters. The van der Waals surface area contributed by atoms with Gasteiger partial charge in [-0.2, -0.15) is 0 Å². The van der Waals surface area contributed by atoms with Gasteiger partial charge in [0, 0.05) is 12.6 Å². The third kappa shape index (κ3) is 3.67. The highest BCUT2D eigenvalue weighted by Gasteiger charge is 2.24. The van der Waals surface area contributed by atoms with Gasteiger partial charge in [-0.05, 0) is 30.5 Å². The maximum absolute atomic E-state index is 13.3. The normalized spacial score (nSPS) is 16.1. The molecule has 5 heteroatoms. The van der Waals surface area contributed by atoms with Crippen LogP contribution in [0.4, 0.5) is 4.39 Å². The van der Waals surface area contributed by atoms with Crippen LogP contribution in [0.2, 0.25) is 0 Å². The molecule has 104 valence electrons. The standard InChI is InChI=1S/C14H19FN2O2/c15-12-7-10(5-6-13(12)18)8-17(9-14(16)19)11-3-1-2-4-11/h5-7,11,18H,1-4,8-9H2,(H2,16,19). The predicted octanol–water partition coefficient (Wildman–Crippen LogP) is 1.76. The fourth-order valence-electron chi connectivity index (χ4n) is 2.67. The molecule has 0 saturated heterocycles. The molecule has 0 heterocycles. The van der Waals surface area contributed by atoms with Crippen LogP contribution in [0.15, 0.2) is 18.2 Å². The van der Waals surface area contributed by atoms with Crippen molar-refractivity contribution in [2.24, 2.45) is 5.73 Å². The van der Waals surface area contributed by atoms with Gasteiger partial charge < -0.3 is 10.8 Å². The molecule has 3 N–H and O–H groups in total. The molecular weight excluding hydrogens is 247 g/mol. The lowest BCUT2D eigenvalue weighted by Crippen LogP contribution is -2.39. The van der Waals surface area contributed by atoms with Crippen molar-refractivity contribution >= 4 is 5.91 Å². The zero-order chi connectivity index (χ0) is 13.8. The molecule has 0 radical (unpaired) electrons. The highest BCUT2D eigenvalue weighted by Crippen LogP contribution is 2.25. The van der Waals surface area contributed by atoms with Crippen molar-refractivity contribution in [2.45, 2.75) is 38.3 Å². The fraction of sp³-hybridized carbons (Fsp3) is 0.500. The number of benzene rings is 1. The number of carbonyl (C=O) groups is 1. The molecule has 0 bridgehead atoms. The average molecular weight is 266 g/mol. The lowest BCUT2D eigenvalue weighted by Gasteiger charge is -2.27. The maximum Gasteiger partial charge on any atom is 0.231 e. The Hall–Kier alpha value is -1.62. The third-order valence-corrected chi connectivity index (χ3v) is 3.60. The number of rotatable bonds is 5. The molecule has 0 aromatic heterocycles. The Morgan fingerprint density at radius 2 is 2.11 bits per heavy atom. The van der Waals surface area contributed by atoms with Gasteiger partial charge in [-0.15, -0.1) is 0 Å². The lowest BCUT2D eigenvalue weighted by atomic mass is 10.1. The SMILES string of the molecule is NC(=O)CN(Cc1ccc(O)c(F)c1)C1CCCC1. The number of nitrogens with two attached hydrogens (primary N) is 1. The molecule has 1 aromatic carbocycles. The molecule has 1 aromatic rings. The number of aromatic hydroxyl groups is 1. The van der Waals surface area contributed by atoms with Crippen molar-refractivity contribution in [2.75, 3.05) is 6.54 Å². The molecule has 0 unspecified atom stereocenters. The Morgan fingerprint density at radius 1 is 1.42 bits per heavy atom. The monoisotopic (exact) mass is 266 g/mol. The van der Waals surface area contributed by atoms with Crippen LogP contribution in [0.1, 0.15) is 31.2 Å². The number of phenols is 1. The molecule has 4 nitrogen and oxygen atoms in total. The topological polar surface area (TPSA) is 66.6 Å². The summed E-state index contributed by atoms with van der Waals surface area (Å²) in [5.74, 6) is -1.36. The largest absolute Gasteiger partial charge is 0.505 e. The van der Waals surface area contributed by atoms with E-state index in [2.05, 4.69) is 0 Å². The summed E-state index contributed by atoms with van der Waals surface area (Å²) in [6.07, 6.45) is 4.41. The number of amides is 1. The zero-order valence-corrected chi connectivity index (χ0v) is 10.8. The Labute approximate surface area is 112 Å². The summed E-state index contributed by atoms with van der Waals surface area (Å²) in [6, 6.07) is 4.64. The van der Waals surface area contributed by atoms with Crippen molar-refractivity contribution in [1.29, 1.82) is 0 Å². The van der Waals surface area contributed by atoms with E-state index >= 15 is 0 Å². The number of hydrogen-bond acceptors (Lipinski definition) is 3. The molecule has 1 amide bonds. The Balaban J connectivity index is 2.09. The number of halogens is 1. The highest BCUT2D eigenvalue weighted by atomic mass is 19.1. The minimum Gasteiger partial charge on any atom is -0.505 e. The number of carbonyl (C=O) groups excluding carboxylic acids is 1. The number of primary amides is 1. The zero-order valence-electron chi connectivity index (χ0n) is 10.8.